The first kappa shape index (κ1) is 15.5. The van der Waals surface area contributed by atoms with E-state index in [9.17, 15) is 4.79 Å². The molecule has 2 aromatic rings. The highest BCUT2D eigenvalue weighted by Crippen LogP contribution is 2.21. The van der Waals surface area contributed by atoms with Crippen molar-refractivity contribution in [2.45, 2.75) is 6.54 Å². The van der Waals surface area contributed by atoms with Crippen LogP contribution in [0.1, 0.15) is 11.1 Å². The third-order valence-electron chi connectivity index (χ3n) is 2.83. The Morgan fingerprint density at radius 3 is 2.90 bits per heavy atom. The van der Waals surface area contributed by atoms with Gasteiger partial charge in [-0.25, -0.2) is 0 Å². The summed E-state index contributed by atoms with van der Waals surface area (Å²) in [5.41, 5.74) is 1.50. The Kier molecular flexibility index (Phi) is 5.37. The molecule has 1 aromatic carbocycles. The van der Waals surface area contributed by atoms with Gasteiger partial charge in [-0.3, -0.25) is 4.79 Å². The van der Waals surface area contributed by atoms with Crippen LogP contribution in [0.5, 0.6) is 5.75 Å². The maximum atomic E-state index is 12.0. The summed E-state index contributed by atoms with van der Waals surface area (Å²) < 4.78 is 6.47. The van der Waals surface area contributed by atoms with Crippen LogP contribution < -0.4 is 4.74 Å². The van der Waals surface area contributed by atoms with Crippen LogP contribution in [-0.2, 0) is 11.3 Å². The second-order valence-electron chi connectivity index (χ2n) is 4.41. The molecule has 0 saturated heterocycles. The monoisotopic (exact) mass is 364 g/mol. The first-order chi connectivity index (χ1) is 10.1. The van der Waals surface area contributed by atoms with Crippen molar-refractivity contribution in [1.82, 2.24) is 4.90 Å². The van der Waals surface area contributed by atoms with Gasteiger partial charge in [0.15, 0.2) is 6.61 Å². The Bertz CT molecular complexity index is 678. The average Bonchev–Trinajstić information content (AvgIpc) is 2.90. The van der Waals surface area contributed by atoms with Gasteiger partial charge in [-0.1, -0.05) is 12.1 Å². The number of para-hydroxylation sites is 1. The molecule has 0 bridgehead atoms. The molecule has 1 aromatic heterocycles. The van der Waals surface area contributed by atoms with E-state index in [1.54, 1.807) is 47.5 Å². The van der Waals surface area contributed by atoms with Gasteiger partial charge in [0.05, 0.1) is 9.35 Å². The van der Waals surface area contributed by atoms with Gasteiger partial charge < -0.3 is 9.64 Å². The zero-order chi connectivity index (χ0) is 15.2. The molecule has 1 heterocycles. The fraction of sp³-hybridized carbons (Fsp3) is 0.200. The van der Waals surface area contributed by atoms with Crippen LogP contribution in [0.4, 0.5) is 0 Å². The molecule has 4 nitrogen and oxygen atoms in total. The Morgan fingerprint density at radius 2 is 2.24 bits per heavy atom. The number of carbonyl (C=O) groups is 1. The Balaban J connectivity index is 1.91. The van der Waals surface area contributed by atoms with Crippen LogP contribution in [0.3, 0.4) is 0 Å². The molecule has 0 spiro atoms. The maximum Gasteiger partial charge on any atom is 0.260 e. The smallest absolute Gasteiger partial charge is 0.260 e. The number of nitriles is 1. The minimum Gasteiger partial charge on any atom is -0.482 e. The normalized spacial score (nSPS) is 9.95. The lowest BCUT2D eigenvalue weighted by atomic mass is 10.2. The molecule has 0 aliphatic carbocycles. The van der Waals surface area contributed by atoms with E-state index in [2.05, 4.69) is 15.9 Å². The highest BCUT2D eigenvalue weighted by molar-refractivity contribution is 9.11. The van der Waals surface area contributed by atoms with Crippen molar-refractivity contribution >= 4 is 33.2 Å². The van der Waals surface area contributed by atoms with Crippen molar-refractivity contribution in [2.75, 3.05) is 13.7 Å². The number of rotatable bonds is 5. The largest absolute Gasteiger partial charge is 0.482 e. The van der Waals surface area contributed by atoms with Crippen LogP contribution in [-0.4, -0.2) is 24.5 Å². The van der Waals surface area contributed by atoms with Gasteiger partial charge in [0.1, 0.15) is 11.8 Å². The summed E-state index contributed by atoms with van der Waals surface area (Å²) in [7, 11) is 1.73. The van der Waals surface area contributed by atoms with Crippen LogP contribution in [0.15, 0.2) is 39.5 Å². The standard InChI is InChI=1S/C15H13BrN2O2S/c1-18(8-11-6-14(16)21-10-11)15(19)9-20-13-5-3-2-4-12(13)7-17/h2-6,10H,8-9H2,1H3. The average molecular weight is 365 g/mol. The molecule has 6 heteroatoms. The zero-order valence-electron chi connectivity index (χ0n) is 11.4. The summed E-state index contributed by atoms with van der Waals surface area (Å²) in [6.07, 6.45) is 0. The lowest BCUT2D eigenvalue weighted by molar-refractivity contribution is -0.132. The predicted molar refractivity (Wildman–Crippen MR) is 85.1 cm³/mol. The Labute approximate surface area is 135 Å². The molecule has 0 aliphatic heterocycles. The van der Waals surface area contributed by atoms with Crippen molar-refractivity contribution in [2.24, 2.45) is 0 Å². The first-order valence-electron chi connectivity index (χ1n) is 6.19. The third kappa shape index (κ3) is 4.31. The van der Waals surface area contributed by atoms with Gasteiger partial charge in [0.2, 0.25) is 0 Å². The summed E-state index contributed by atoms with van der Waals surface area (Å²) in [4.78, 5) is 13.6. The topological polar surface area (TPSA) is 53.3 Å². The van der Waals surface area contributed by atoms with Crippen molar-refractivity contribution in [1.29, 1.82) is 5.26 Å². The number of carbonyl (C=O) groups excluding carboxylic acids is 1. The number of nitrogens with zero attached hydrogens (tertiary/aromatic N) is 2. The van der Waals surface area contributed by atoms with Gasteiger partial charge in [-0.2, -0.15) is 5.26 Å². The van der Waals surface area contributed by atoms with Crippen molar-refractivity contribution in [3.63, 3.8) is 0 Å². The molecular formula is C15H13BrN2O2S. The molecular weight excluding hydrogens is 352 g/mol. The molecule has 0 saturated carbocycles. The molecule has 0 aliphatic rings. The van der Waals surface area contributed by atoms with Gasteiger partial charge >= 0.3 is 0 Å². The number of hydrogen-bond donors (Lipinski definition) is 0. The SMILES string of the molecule is CN(Cc1csc(Br)c1)C(=O)COc1ccccc1C#N. The fourth-order valence-corrected chi connectivity index (χ4v) is 2.93. The van der Waals surface area contributed by atoms with E-state index in [1.165, 1.54) is 0 Å². The van der Waals surface area contributed by atoms with Gasteiger partial charge in [0, 0.05) is 13.6 Å². The minimum atomic E-state index is -0.134. The number of ether oxygens (including phenoxy) is 1. The van der Waals surface area contributed by atoms with E-state index in [-0.39, 0.29) is 12.5 Å². The molecule has 1 amide bonds. The van der Waals surface area contributed by atoms with Gasteiger partial charge in [0.25, 0.3) is 5.91 Å². The van der Waals surface area contributed by atoms with Gasteiger partial charge in [-0.15, -0.1) is 11.3 Å². The summed E-state index contributed by atoms with van der Waals surface area (Å²) in [5, 5.41) is 11.0. The van der Waals surface area contributed by atoms with Crippen molar-refractivity contribution in [3.8, 4) is 11.8 Å². The van der Waals surface area contributed by atoms with Crippen LogP contribution >= 0.6 is 27.3 Å². The predicted octanol–water partition coefficient (Wildman–Crippen LogP) is 3.42. The van der Waals surface area contributed by atoms with Crippen LogP contribution in [0.25, 0.3) is 0 Å². The van der Waals surface area contributed by atoms with E-state index in [0.29, 0.717) is 17.9 Å². The summed E-state index contributed by atoms with van der Waals surface area (Å²) in [5.74, 6) is 0.296. The van der Waals surface area contributed by atoms with E-state index >= 15 is 0 Å². The number of hydrogen-bond acceptors (Lipinski definition) is 4. The molecule has 0 unspecified atom stereocenters. The van der Waals surface area contributed by atoms with E-state index < -0.39 is 0 Å². The molecule has 108 valence electrons. The lowest BCUT2D eigenvalue weighted by Crippen LogP contribution is -2.30. The van der Waals surface area contributed by atoms with Crippen LogP contribution in [0.2, 0.25) is 0 Å². The molecule has 0 N–H and O–H groups in total. The summed E-state index contributed by atoms with van der Waals surface area (Å²) >= 11 is 4.98. The molecule has 2 rings (SSSR count). The number of benzene rings is 1. The zero-order valence-corrected chi connectivity index (χ0v) is 13.8. The quantitative estimate of drug-likeness (QED) is 0.816. The highest BCUT2D eigenvalue weighted by Gasteiger charge is 2.12. The van der Waals surface area contributed by atoms with E-state index in [4.69, 9.17) is 10.00 Å². The minimum absolute atomic E-state index is 0.0828. The number of halogens is 1. The molecule has 0 fully saturated rings. The summed E-state index contributed by atoms with van der Waals surface area (Å²) in [6, 6.07) is 10.9. The lowest BCUT2D eigenvalue weighted by Gasteiger charge is -2.17. The molecule has 0 radical (unpaired) electrons. The highest BCUT2D eigenvalue weighted by atomic mass is 79.9. The molecule has 0 atom stereocenters. The molecule has 21 heavy (non-hydrogen) atoms. The number of likely N-dealkylation sites (N-methyl/N-ethyl adjacent to an activating group) is 1. The van der Waals surface area contributed by atoms with E-state index in [0.717, 1.165) is 9.35 Å². The number of amides is 1. The maximum absolute atomic E-state index is 12.0. The summed E-state index contributed by atoms with van der Waals surface area (Å²) in [6.45, 7) is 0.449. The second-order valence-corrected chi connectivity index (χ2v) is 6.70. The van der Waals surface area contributed by atoms with Gasteiger partial charge in [-0.05, 0) is 45.1 Å². The fourth-order valence-electron chi connectivity index (χ4n) is 1.73. The Hall–Kier alpha value is -1.84. The van der Waals surface area contributed by atoms with Crippen LogP contribution in [0, 0.1) is 11.3 Å². The first-order valence-corrected chi connectivity index (χ1v) is 7.86. The van der Waals surface area contributed by atoms with Crippen molar-refractivity contribution < 1.29 is 9.53 Å². The van der Waals surface area contributed by atoms with Crippen molar-refractivity contribution in [3.05, 3.63) is 50.6 Å². The number of thiophene rings is 1. The van der Waals surface area contributed by atoms with E-state index in [1.807, 2.05) is 17.5 Å². The Morgan fingerprint density at radius 1 is 1.48 bits per heavy atom. The second kappa shape index (κ2) is 7.25. The third-order valence-corrected chi connectivity index (χ3v) is 4.38.